The van der Waals surface area contributed by atoms with E-state index in [0.717, 1.165) is 57.8 Å². The number of rotatable bonds is 43. The number of carbonyl (C=O) groups is 1. The van der Waals surface area contributed by atoms with Crippen LogP contribution in [-0.4, -0.2) is 34.9 Å². The van der Waals surface area contributed by atoms with Gasteiger partial charge in [-0.2, -0.15) is 0 Å². The number of allylic oxidation sites excluding steroid dienone is 7. The van der Waals surface area contributed by atoms with Gasteiger partial charge in [-0.05, 0) is 51.4 Å². The van der Waals surface area contributed by atoms with Crippen LogP contribution in [0.5, 0.6) is 0 Å². The third-order valence-electron chi connectivity index (χ3n) is 10.8. The molecule has 0 radical (unpaired) electrons. The van der Waals surface area contributed by atoms with Crippen molar-refractivity contribution in [3.63, 3.8) is 0 Å². The van der Waals surface area contributed by atoms with Gasteiger partial charge in [0, 0.05) is 6.42 Å². The average molecular weight is 756 g/mol. The topological polar surface area (TPSA) is 69.6 Å². The first kappa shape index (κ1) is 52.3. The van der Waals surface area contributed by atoms with Gasteiger partial charge in [-0.1, -0.05) is 236 Å². The molecule has 2 atom stereocenters. The summed E-state index contributed by atoms with van der Waals surface area (Å²) in [4.78, 5) is 12.4. The maximum atomic E-state index is 12.4. The third-order valence-corrected chi connectivity index (χ3v) is 10.8. The van der Waals surface area contributed by atoms with Crippen molar-refractivity contribution in [2.45, 2.75) is 257 Å². The van der Waals surface area contributed by atoms with Gasteiger partial charge in [-0.3, -0.25) is 4.79 Å². The van der Waals surface area contributed by atoms with Crippen LogP contribution in [0, 0.1) is 0 Å². The Bertz CT molecular complexity index is 862. The summed E-state index contributed by atoms with van der Waals surface area (Å²) in [5, 5.41) is 23.1. The van der Waals surface area contributed by atoms with Gasteiger partial charge in [0.05, 0.1) is 18.8 Å². The molecule has 0 aromatic carbocycles. The van der Waals surface area contributed by atoms with Crippen LogP contribution in [0.1, 0.15) is 245 Å². The summed E-state index contributed by atoms with van der Waals surface area (Å²) >= 11 is 0. The molecule has 0 spiro atoms. The first-order valence-electron chi connectivity index (χ1n) is 23.9. The fourth-order valence-electron chi connectivity index (χ4n) is 7.19. The molecule has 0 aromatic heterocycles. The quantitative estimate of drug-likeness (QED) is 0.0429. The Morgan fingerprint density at radius 3 is 1.22 bits per heavy atom. The number of unbranched alkanes of at least 4 members (excludes halogenated alkanes) is 30. The van der Waals surface area contributed by atoms with Gasteiger partial charge in [-0.15, -0.1) is 0 Å². The Kier molecular flexibility index (Phi) is 44.3. The molecule has 316 valence electrons. The van der Waals surface area contributed by atoms with E-state index in [0.29, 0.717) is 6.42 Å². The summed E-state index contributed by atoms with van der Waals surface area (Å²) in [6.07, 6.45) is 62.4. The Balaban J connectivity index is 3.53. The molecule has 0 aliphatic carbocycles. The SMILES string of the molecule is CC/C=C\C/C=C\C/C=C\CCCCCCCCCC(=O)NC(CO)C(O)/C=C/CCCCCCCCCCCCCCCCCCCCCCCCC. The molecular weight excluding hydrogens is 663 g/mol. The highest BCUT2D eigenvalue weighted by atomic mass is 16.3. The lowest BCUT2D eigenvalue weighted by Crippen LogP contribution is -2.45. The van der Waals surface area contributed by atoms with Crippen LogP contribution in [-0.2, 0) is 4.79 Å². The zero-order valence-electron chi connectivity index (χ0n) is 36.2. The second-order valence-corrected chi connectivity index (χ2v) is 16.1. The van der Waals surface area contributed by atoms with Crippen LogP contribution in [0.4, 0.5) is 0 Å². The molecule has 0 rings (SSSR count). The highest BCUT2D eigenvalue weighted by Gasteiger charge is 2.17. The van der Waals surface area contributed by atoms with Crippen molar-refractivity contribution < 1.29 is 15.0 Å². The lowest BCUT2D eigenvalue weighted by molar-refractivity contribution is -0.123. The van der Waals surface area contributed by atoms with Crippen molar-refractivity contribution >= 4 is 5.91 Å². The minimum Gasteiger partial charge on any atom is -0.394 e. The fourth-order valence-corrected chi connectivity index (χ4v) is 7.19. The summed E-state index contributed by atoms with van der Waals surface area (Å²) in [6, 6.07) is -0.629. The third kappa shape index (κ3) is 41.5. The molecule has 4 nitrogen and oxygen atoms in total. The molecule has 0 aromatic rings. The van der Waals surface area contributed by atoms with E-state index in [2.05, 4.69) is 55.6 Å². The van der Waals surface area contributed by atoms with E-state index in [9.17, 15) is 15.0 Å². The zero-order valence-corrected chi connectivity index (χ0v) is 36.2. The van der Waals surface area contributed by atoms with Crippen molar-refractivity contribution in [1.29, 1.82) is 0 Å². The predicted octanol–water partition coefficient (Wildman–Crippen LogP) is 15.1. The predicted molar refractivity (Wildman–Crippen MR) is 239 cm³/mol. The number of carbonyl (C=O) groups excluding carboxylic acids is 1. The summed E-state index contributed by atoms with van der Waals surface area (Å²) in [6.45, 7) is 4.21. The fraction of sp³-hybridized carbons (Fsp3) is 0.820. The first-order valence-corrected chi connectivity index (χ1v) is 23.9. The van der Waals surface area contributed by atoms with Crippen molar-refractivity contribution in [1.82, 2.24) is 5.32 Å². The van der Waals surface area contributed by atoms with Crippen molar-refractivity contribution in [3.05, 3.63) is 48.6 Å². The minimum absolute atomic E-state index is 0.0737. The minimum atomic E-state index is -0.845. The first-order chi connectivity index (χ1) is 26.7. The van der Waals surface area contributed by atoms with Crippen molar-refractivity contribution in [3.8, 4) is 0 Å². The van der Waals surface area contributed by atoms with Crippen LogP contribution in [0.15, 0.2) is 48.6 Å². The highest BCUT2D eigenvalue weighted by Crippen LogP contribution is 2.16. The number of hydrogen-bond acceptors (Lipinski definition) is 3. The van der Waals surface area contributed by atoms with E-state index in [1.807, 2.05) is 6.08 Å². The van der Waals surface area contributed by atoms with Crippen molar-refractivity contribution in [2.75, 3.05) is 6.61 Å². The second-order valence-electron chi connectivity index (χ2n) is 16.1. The van der Waals surface area contributed by atoms with Gasteiger partial charge in [-0.25, -0.2) is 0 Å². The van der Waals surface area contributed by atoms with Gasteiger partial charge < -0.3 is 15.5 Å². The molecule has 0 heterocycles. The summed E-state index contributed by atoms with van der Waals surface area (Å²) in [5.41, 5.74) is 0. The molecule has 4 heteroatoms. The number of hydrogen-bond donors (Lipinski definition) is 3. The molecule has 0 fully saturated rings. The second kappa shape index (κ2) is 45.7. The maximum Gasteiger partial charge on any atom is 0.220 e. The number of amides is 1. The van der Waals surface area contributed by atoms with E-state index in [1.165, 1.54) is 167 Å². The number of nitrogens with one attached hydrogen (secondary N) is 1. The van der Waals surface area contributed by atoms with E-state index >= 15 is 0 Å². The molecule has 0 aliphatic rings. The summed E-state index contributed by atoms with van der Waals surface area (Å²) in [7, 11) is 0. The van der Waals surface area contributed by atoms with Gasteiger partial charge in [0.2, 0.25) is 5.91 Å². The Morgan fingerprint density at radius 1 is 0.463 bits per heavy atom. The molecule has 0 saturated heterocycles. The Morgan fingerprint density at radius 2 is 0.815 bits per heavy atom. The van der Waals surface area contributed by atoms with E-state index in [-0.39, 0.29) is 12.5 Å². The molecule has 0 bridgehead atoms. The van der Waals surface area contributed by atoms with E-state index < -0.39 is 12.1 Å². The van der Waals surface area contributed by atoms with Crippen LogP contribution in [0.25, 0.3) is 0 Å². The Labute approximate surface area is 337 Å². The largest absolute Gasteiger partial charge is 0.394 e. The monoisotopic (exact) mass is 756 g/mol. The van der Waals surface area contributed by atoms with Gasteiger partial charge in [0.25, 0.3) is 0 Å². The Hall–Kier alpha value is -1.65. The normalized spacial score (nSPS) is 13.3. The van der Waals surface area contributed by atoms with Crippen LogP contribution >= 0.6 is 0 Å². The molecule has 1 amide bonds. The van der Waals surface area contributed by atoms with Crippen LogP contribution in [0.3, 0.4) is 0 Å². The summed E-state index contributed by atoms with van der Waals surface area (Å²) < 4.78 is 0. The summed E-state index contributed by atoms with van der Waals surface area (Å²) in [5.74, 6) is -0.0737. The van der Waals surface area contributed by atoms with Gasteiger partial charge in [0.1, 0.15) is 0 Å². The molecular formula is C50H93NO3. The standard InChI is InChI=1S/C50H93NO3/c1-3-5-7-9-11-13-15-17-19-21-22-23-24-25-26-27-28-30-31-33-35-37-39-41-43-45-49(53)48(47-52)51-50(54)46-44-42-40-38-36-34-32-29-20-18-16-14-12-10-8-6-4-2/h6,8,12,14,18,20,43,45,48-49,52-53H,3-5,7,9-11,13,15-17,19,21-42,44,46-47H2,1-2H3,(H,51,54)/b8-6-,14-12-,20-18-,45-43+. The average Bonchev–Trinajstić information content (AvgIpc) is 3.18. The molecule has 0 saturated carbocycles. The van der Waals surface area contributed by atoms with E-state index in [1.54, 1.807) is 6.08 Å². The number of aliphatic hydroxyl groups is 2. The maximum absolute atomic E-state index is 12.4. The van der Waals surface area contributed by atoms with Crippen molar-refractivity contribution in [2.24, 2.45) is 0 Å². The number of aliphatic hydroxyl groups excluding tert-OH is 2. The lowest BCUT2D eigenvalue weighted by atomic mass is 10.0. The zero-order chi connectivity index (χ0) is 39.3. The van der Waals surface area contributed by atoms with Gasteiger partial charge in [0.15, 0.2) is 0 Å². The molecule has 3 N–H and O–H groups in total. The smallest absolute Gasteiger partial charge is 0.220 e. The lowest BCUT2D eigenvalue weighted by Gasteiger charge is -2.20. The van der Waals surface area contributed by atoms with E-state index in [4.69, 9.17) is 0 Å². The molecule has 54 heavy (non-hydrogen) atoms. The van der Waals surface area contributed by atoms with Crippen LogP contribution in [0.2, 0.25) is 0 Å². The van der Waals surface area contributed by atoms with Gasteiger partial charge >= 0.3 is 0 Å². The highest BCUT2D eigenvalue weighted by molar-refractivity contribution is 5.76. The molecule has 0 aliphatic heterocycles. The van der Waals surface area contributed by atoms with Crippen LogP contribution < -0.4 is 5.32 Å². The molecule has 2 unspecified atom stereocenters.